The molecule has 0 spiro atoms. The topological polar surface area (TPSA) is 34.1 Å². The van der Waals surface area contributed by atoms with Crippen LogP contribution in [0.25, 0.3) is 38.4 Å². The second-order valence-corrected chi connectivity index (χ2v) is 16.7. The molecule has 0 aromatic heterocycles. The third-order valence-corrected chi connectivity index (χ3v) is 14.7. The highest BCUT2D eigenvalue weighted by molar-refractivity contribution is 7.82. The Morgan fingerprint density at radius 1 is 0.360 bits per heavy atom. The third kappa shape index (κ3) is 5.12. The second kappa shape index (κ2) is 12.7. The predicted molar refractivity (Wildman–Crippen MR) is 213 cm³/mol. The number of Topliss-reactive ketones (excluding diaryl/α,β-unsaturated/α-hetero) is 2. The van der Waals surface area contributed by atoms with Gasteiger partial charge in [0.15, 0.2) is 11.6 Å². The van der Waals surface area contributed by atoms with Crippen LogP contribution >= 0.6 is 15.8 Å². The Balaban J connectivity index is 1.32. The SMILES string of the molecule is O=C1C(=Cc2ccc3ccc4cccc5ccc2c3c45)C(=O)C(P(c2ccccc2)c2ccccc2)=C1P(c1ccccc1)c1ccccc1. The highest BCUT2D eigenvalue weighted by Gasteiger charge is 2.44. The van der Waals surface area contributed by atoms with Crippen molar-refractivity contribution in [3.63, 3.8) is 0 Å². The average Bonchev–Trinajstić information content (AvgIpc) is 3.40. The molecule has 0 heterocycles. The Morgan fingerprint density at radius 3 is 1.18 bits per heavy atom. The van der Waals surface area contributed by atoms with E-state index in [4.69, 9.17) is 0 Å². The van der Waals surface area contributed by atoms with Gasteiger partial charge in [0.25, 0.3) is 0 Å². The van der Waals surface area contributed by atoms with Gasteiger partial charge in [0.1, 0.15) is 0 Å². The van der Waals surface area contributed by atoms with Gasteiger partial charge in [0, 0.05) is 10.6 Å². The van der Waals surface area contributed by atoms with Gasteiger partial charge in [-0.2, -0.15) is 0 Å². The van der Waals surface area contributed by atoms with Gasteiger partial charge in [-0.3, -0.25) is 9.59 Å². The fraction of sp³-hybridized carbons (Fsp3) is 0. The molecule has 1 aliphatic rings. The Hall–Kier alpha value is -5.52. The summed E-state index contributed by atoms with van der Waals surface area (Å²) in [6, 6.07) is 60.1. The molecule has 236 valence electrons. The van der Waals surface area contributed by atoms with Crippen molar-refractivity contribution >= 4 is 87.0 Å². The Kier molecular flexibility index (Phi) is 7.78. The number of benzene rings is 8. The highest BCUT2D eigenvalue weighted by Crippen LogP contribution is 2.58. The monoisotopic (exact) mass is 676 g/mol. The third-order valence-electron chi connectivity index (χ3n) is 9.51. The molecular weight excluding hydrogens is 646 g/mol. The quantitative estimate of drug-likeness (QED) is 0.0730. The van der Waals surface area contributed by atoms with Gasteiger partial charge in [-0.25, -0.2) is 0 Å². The molecule has 0 unspecified atom stereocenters. The molecule has 4 heteroatoms. The maximum Gasteiger partial charge on any atom is 0.198 e. The zero-order valence-electron chi connectivity index (χ0n) is 27.0. The smallest absolute Gasteiger partial charge is 0.198 e. The number of hydrogen-bond donors (Lipinski definition) is 0. The van der Waals surface area contributed by atoms with Crippen molar-refractivity contribution in [2.45, 2.75) is 0 Å². The largest absolute Gasteiger partial charge is 0.288 e. The number of rotatable bonds is 7. The summed E-state index contributed by atoms with van der Waals surface area (Å²) < 4.78 is 0. The Labute approximate surface area is 293 Å². The van der Waals surface area contributed by atoms with Crippen LogP contribution in [0.1, 0.15) is 5.56 Å². The minimum absolute atomic E-state index is 0.172. The lowest BCUT2D eigenvalue weighted by molar-refractivity contribution is -0.115. The van der Waals surface area contributed by atoms with Crippen LogP contribution in [0.5, 0.6) is 0 Å². The molecule has 0 amide bonds. The van der Waals surface area contributed by atoms with Crippen molar-refractivity contribution < 1.29 is 9.59 Å². The second-order valence-electron chi connectivity index (χ2n) is 12.4. The van der Waals surface area contributed by atoms with Gasteiger partial charge in [-0.05, 0) is 81.0 Å². The van der Waals surface area contributed by atoms with E-state index in [1.807, 2.05) is 78.9 Å². The van der Waals surface area contributed by atoms with Gasteiger partial charge < -0.3 is 0 Å². The summed E-state index contributed by atoms with van der Waals surface area (Å²) in [5.41, 5.74) is 1.12. The van der Waals surface area contributed by atoms with E-state index in [2.05, 4.69) is 103 Å². The van der Waals surface area contributed by atoms with E-state index >= 15 is 9.59 Å². The average molecular weight is 677 g/mol. The van der Waals surface area contributed by atoms with Crippen LogP contribution in [0.15, 0.2) is 192 Å². The van der Waals surface area contributed by atoms with Crippen LogP contribution in [-0.2, 0) is 9.59 Å². The molecule has 0 saturated heterocycles. The maximum absolute atomic E-state index is 15.2. The van der Waals surface area contributed by atoms with E-state index in [-0.39, 0.29) is 17.1 Å². The molecule has 8 aromatic rings. The molecule has 0 aliphatic heterocycles. The summed E-state index contributed by atoms with van der Waals surface area (Å²) in [7, 11) is -2.71. The van der Waals surface area contributed by atoms with Crippen LogP contribution in [0, 0.1) is 0 Å². The summed E-state index contributed by atoms with van der Waals surface area (Å²) >= 11 is 0. The molecule has 9 rings (SSSR count). The number of carbonyl (C=O) groups is 2. The summed E-state index contributed by atoms with van der Waals surface area (Å²) in [6.45, 7) is 0. The summed E-state index contributed by atoms with van der Waals surface area (Å²) in [4.78, 5) is 30.5. The molecule has 8 aromatic carbocycles. The lowest BCUT2D eigenvalue weighted by atomic mass is 9.91. The number of ketones is 2. The van der Waals surface area contributed by atoms with Crippen molar-refractivity contribution in [2.24, 2.45) is 0 Å². The van der Waals surface area contributed by atoms with Crippen LogP contribution in [0.4, 0.5) is 0 Å². The fourth-order valence-electron chi connectivity index (χ4n) is 7.28. The zero-order chi connectivity index (χ0) is 33.6. The zero-order valence-corrected chi connectivity index (χ0v) is 28.8. The Bertz CT molecular complexity index is 2410. The van der Waals surface area contributed by atoms with Crippen molar-refractivity contribution in [3.05, 3.63) is 198 Å². The molecule has 0 radical (unpaired) electrons. The van der Waals surface area contributed by atoms with Gasteiger partial charge in [0.05, 0.1) is 5.57 Å². The van der Waals surface area contributed by atoms with Gasteiger partial charge in [-0.1, -0.05) is 176 Å². The molecular formula is C46H30O2P2. The first-order valence-corrected chi connectivity index (χ1v) is 19.4. The van der Waals surface area contributed by atoms with Crippen molar-refractivity contribution in [1.82, 2.24) is 0 Å². The maximum atomic E-state index is 15.2. The molecule has 0 fully saturated rings. The van der Waals surface area contributed by atoms with Crippen LogP contribution < -0.4 is 21.2 Å². The first-order valence-electron chi connectivity index (χ1n) is 16.7. The normalized spacial score (nSPS) is 13.5. The van der Waals surface area contributed by atoms with E-state index in [1.165, 1.54) is 16.2 Å². The first-order chi connectivity index (χ1) is 24.7. The van der Waals surface area contributed by atoms with E-state index < -0.39 is 15.8 Å². The minimum atomic E-state index is -1.35. The van der Waals surface area contributed by atoms with Crippen LogP contribution in [0.3, 0.4) is 0 Å². The number of hydrogen-bond acceptors (Lipinski definition) is 2. The molecule has 0 bridgehead atoms. The lowest BCUT2D eigenvalue weighted by Gasteiger charge is -2.25. The summed E-state index contributed by atoms with van der Waals surface area (Å²) in [5, 5.41) is 12.3. The highest BCUT2D eigenvalue weighted by atomic mass is 31.1. The summed E-state index contributed by atoms with van der Waals surface area (Å²) in [6.07, 6.45) is 1.87. The first kappa shape index (κ1) is 30.5. The van der Waals surface area contributed by atoms with Crippen molar-refractivity contribution in [3.8, 4) is 0 Å². The van der Waals surface area contributed by atoms with Gasteiger partial charge >= 0.3 is 0 Å². The van der Waals surface area contributed by atoms with Crippen molar-refractivity contribution in [2.75, 3.05) is 0 Å². The van der Waals surface area contributed by atoms with Gasteiger partial charge in [0.2, 0.25) is 0 Å². The predicted octanol–water partition coefficient (Wildman–Crippen LogP) is 9.60. The van der Waals surface area contributed by atoms with Crippen molar-refractivity contribution in [1.29, 1.82) is 0 Å². The molecule has 50 heavy (non-hydrogen) atoms. The molecule has 2 nitrogen and oxygen atoms in total. The molecule has 0 atom stereocenters. The number of allylic oxidation sites excluding steroid dienone is 3. The fourth-order valence-corrected chi connectivity index (χ4v) is 12.7. The lowest BCUT2D eigenvalue weighted by Crippen LogP contribution is -2.18. The molecule has 0 N–H and O–H groups in total. The van der Waals surface area contributed by atoms with Crippen LogP contribution in [0.2, 0.25) is 0 Å². The van der Waals surface area contributed by atoms with E-state index in [0.29, 0.717) is 10.6 Å². The summed E-state index contributed by atoms with van der Waals surface area (Å²) in [5.74, 6) is -0.345. The Morgan fingerprint density at radius 2 is 0.740 bits per heavy atom. The molecule has 1 aliphatic carbocycles. The van der Waals surface area contributed by atoms with Crippen LogP contribution in [-0.4, -0.2) is 11.6 Å². The molecule has 0 saturated carbocycles. The number of carbonyl (C=O) groups excluding carboxylic acids is 2. The standard InChI is InChI=1S/C46H30O2P2/c47-43-40(30-34-27-26-33-25-24-31-14-13-15-32-28-29-39(34)42(33)41(31)32)44(48)46(50(37-20-9-3-10-21-37)38-22-11-4-12-23-38)45(43)49(35-16-5-1-6-17-35)36-18-7-2-8-19-36/h1-30H. The van der Waals surface area contributed by atoms with E-state index in [9.17, 15) is 0 Å². The van der Waals surface area contributed by atoms with E-state index in [0.717, 1.165) is 42.9 Å². The van der Waals surface area contributed by atoms with Gasteiger partial charge in [-0.15, -0.1) is 0 Å². The minimum Gasteiger partial charge on any atom is -0.288 e. The van der Waals surface area contributed by atoms with E-state index in [1.54, 1.807) is 0 Å².